The summed E-state index contributed by atoms with van der Waals surface area (Å²) in [7, 11) is 0. The molecule has 1 aromatic carbocycles. The van der Waals surface area contributed by atoms with Crippen molar-refractivity contribution in [2.75, 3.05) is 11.6 Å². The lowest BCUT2D eigenvalue weighted by atomic mass is 10.2. The Bertz CT molecular complexity index is 669. The number of nitrogens with zero attached hydrogens (tertiary/aromatic N) is 3. The van der Waals surface area contributed by atoms with Crippen molar-refractivity contribution in [3.8, 4) is 0 Å². The SMILES string of the molecule is CSc1nnc(C)c(/C=C/Nc2ccc(C(F)(F)F)cc2)n1. The fourth-order valence-corrected chi connectivity index (χ4v) is 1.90. The number of benzene rings is 1. The van der Waals surface area contributed by atoms with Crippen LogP contribution in [0.15, 0.2) is 35.6 Å². The van der Waals surface area contributed by atoms with Crippen LogP contribution in [0.4, 0.5) is 18.9 Å². The Kier molecular flexibility index (Phi) is 5.02. The summed E-state index contributed by atoms with van der Waals surface area (Å²) in [5.41, 5.74) is 1.19. The highest BCUT2D eigenvalue weighted by atomic mass is 32.2. The zero-order chi connectivity index (χ0) is 16.2. The summed E-state index contributed by atoms with van der Waals surface area (Å²) < 4.78 is 37.4. The third-order valence-electron chi connectivity index (χ3n) is 2.76. The summed E-state index contributed by atoms with van der Waals surface area (Å²) in [6.07, 6.45) is 0.817. The van der Waals surface area contributed by atoms with E-state index in [1.165, 1.54) is 23.9 Å². The van der Waals surface area contributed by atoms with Crippen molar-refractivity contribution in [1.29, 1.82) is 0 Å². The summed E-state index contributed by atoms with van der Waals surface area (Å²) >= 11 is 1.38. The fraction of sp³-hybridized carbons (Fsp3) is 0.214. The number of hydrogen-bond donors (Lipinski definition) is 1. The Hall–Kier alpha value is -2.09. The Morgan fingerprint density at radius 3 is 2.41 bits per heavy atom. The molecule has 0 bridgehead atoms. The van der Waals surface area contributed by atoms with Crippen molar-refractivity contribution in [3.05, 3.63) is 47.4 Å². The maximum Gasteiger partial charge on any atom is 0.416 e. The zero-order valence-corrected chi connectivity index (χ0v) is 12.7. The first-order valence-corrected chi connectivity index (χ1v) is 7.48. The molecular weight excluding hydrogens is 313 g/mol. The first-order chi connectivity index (χ1) is 10.4. The van der Waals surface area contributed by atoms with Crippen LogP contribution in [-0.2, 0) is 6.18 Å². The predicted octanol–water partition coefficient (Wildman–Crippen LogP) is 4.00. The van der Waals surface area contributed by atoms with Crippen LogP contribution in [0.2, 0.25) is 0 Å². The van der Waals surface area contributed by atoms with E-state index in [4.69, 9.17) is 0 Å². The summed E-state index contributed by atoms with van der Waals surface area (Å²) in [5.74, 6) is 0. The average molecular weight is 326 g/mol. The van der Waals surface area contributed by atoms with Crippen molar-refractivity contribution >= 4 is 23.5 Å². The van der Waals surface area contributed by atoms with Gasteiger partial charge in [-0.1, -0.05) is 11.8 Å². The third-order valence-corrected chi connectivity index (χ3v) is 3.30. The van der Waals surface area contributed by atoms with Gasteiger partial charge in [0.1, 0.15) is 0 Å². The molecule has 0 unspecified atom stereocenters. The lowest BCUT2D eigenvalue weighted by Crippen LogP contribution is -2.04. The molecule has 8 heteroatoms. The largest absolute Gasteiger partial charge is 0.416 e. The van der Waals surface area contributed by atoms with E-state index in [1.54, 1.807) is 19.2 Å². The van der Waals surface area contributed by atoms with Crippen LogP contribution in [0, 0.1) is 6.92 Å². The van der Waals surface area contributed by atoms with Gasteiger partial charge in [-0.15, -0.1) is 5.10 Å². The highest BCUT2D eigenvalue weighted by Crippen LogP contribution is 2.29. The van der Waals surface area contributed by atoms with Crippen molar-refractivity contribution < 1.29 is 13.2 Å². The maximum atomic E-state index is 12.5. The van der Waals surface area contributed by atoms with Gasteiger partial charge in [0, 0.05) is 11.9 Å². The number of thioether (sulfide) groups is 1. The Balaban J connectivity index is 2.06. The molecule has 1 N–H and O–H groups in total. The van der Waals surface area contributed by atoms with E-state index in [-0.39, 0.29) is 0 Å². The molecule has 2 aromatic rings. The van der Waals surface area contributed by atoms with E-state index in [1.807, 2.05) is 6.26 Å². The third kappa shape index (κ3) is 4.20. The molecule has 22 heavy (non-hydrogen) atoms. The zero-order valence-electron chi connectivity index (χ0n) is 11.8. The first-order valence-electron chi connectivity index (χ1n) is 6.26. The van der Waals surface area contributed by atoms with Crippen LogP contribution in [-0.4, -0.2) is 21.4 Å². The topological polar surface area (TPSA) is 50.7 Å². The number of rotatable bonds is 4. The molecule has 0 fully saturated rings. The number of aromatic nitrogens is 3. The van der Waals surface area contributed by atoms with Gasteiger partial charge in [-0.2, -0.15) is 18.3 Å². The van der Waals surface area contributed by atoms with Crippen molar-refractivity contribution in [3.63, 3.8) is 0 Å². The van der Waals surface area contributed by atoms with Crippen molar-refractivity contribution in [2.24, 2.45) is 0 Å². The molecule has 0 saturated carbocycles. The molecule has 116 valence electrons. The van der Waals surface area contributed by atoms with E-state index in [0.29, 0.717) is 22.2 Å². The predicted molar refractivity (Wildman–Crippen MR) is 80.4 cm³/mol. The van der Waals surface area contributed by atoms with Gasteiger partial charge in [0.25, 0.3) is 0 Å². The van der Waals surface area contributed by atoms with Crippen LogP contribution in [0.1, 0.15) is 17.0 Å². The van der Waals surface area contributed by atoms with Crippen LogP contribution < -0.4 is 5.32 Å². The minimum absolute atomic E-state index is 0.550. The normalized spacial score (nSPS) is 11.9. The Morgan fingerprint density at radius 2 is 1.82 bits per heavy atom. The monoisotopic (exact) mass is 326 g/mol. The molecule has 0 atom stereocenters. The second-order valence-corrected chi connectivity index (χ2v) is 5.10. The van der Waals surface area contributed by atoms with Crippen LogP contribution in [0.3, 0.4) is 0 Å². The summed E-state index contributed by atoms with van der Waals surface area (Å²) in [6, 6.07) is 4.79. The lowest BCUT2D eigenvalue weighted by Gasteiger charge is -2.07. The Morgan fingerprint density at radius 1 is 1.14 bits per heavy atom. The number of hydrogen-bond acceptors (Lipinski definition) is 5. The van der Waals surface area contributed by atoms with Gasteiger partial charge in [0.05, 0.1) is 17.0 Å². The summed E-state index contributed by atoms with van der Waals surface area (Å²) in [4.78, 5) is 4.28. The van der Waals surface area contributed by atoms with Crippen LogP contribution in [0.5, 0.6) is 0 Å². The molecule has 0 aliphatic rings. The lowest BCUT2D eigenvalue weighted by molar-refractivity contribution is -0.137. The van der Waals surface area contributed by atoms with E-state index in [0.717, 1.165) is 12.1 Å². The number of aryl methyl sites for hydroxylation is 1. The van der Waals surface area contributed by atoms with Gasteiger partial charge in [-0.05, 0) is 43.5 Å². The standard InChI is InChI=1S/C14H13F3N4S/c1-9-12(19-13(22-2)21-20-9)7-8-18-11-5-3-10(4-6-11)14(15,16)17/h3-8,18H,1-2H3/b8-7+. The van der Waals surface area contributed by atoms with E-state index >= 15 is 0 Å². The summed E-state index contributed by atoms with van der Waals surface area (Å²) in [5, 5.41) is 11.3. The number of alkyl halides is 3. The van der Waals surface area contributed by atoms with Gasteiger partial charge in [0.2, 0.25) is 5.16 Å². The number of anilines is 1. The van der Waals surface area contributed by atoms with Crippen molar-refractivity contribution in [2.45, 2.75) is 18.3 Å². The second-order valence-electron chi connectivity index (χ2n) is 4.32. The molecule has 0 amide bonds. The molecule has 2 rings (SSSR count). The number of nitrogens with one attached hydrogen (secondary N) is 1. The van der Waals surface area contributed by atoms with Gasteiger partial charge >= 0.3 is 6.18 Å². The highest BCUT2D eigenvalue weighted by Gasteiger charge is 2.29. The Labute approximate surface area is 129 Å². The minimum Gasteiger partial charge on any atom is -0.362 e. The first kappa shape index (κ1) is 16.3. The maximum absolute atomic E-state index is 12.5. The highest BCUT2D eigenvalue weighted by molar-refractivity contribution is 7.98. The van der Waals surface area contributed by atoms with Gasteiger partial charge in [0.15, 0.2) is 0 Å². The molecule has 1 aromatic heterocycles. The molecule has 1 heterocycles. The molecule has 0 radical (unpaired) electrons. The average Bonchev–Trinajstić information content (AvgIpc) is 2.49. The molecule has 0 aliphatic heterocycles. The molecular formula is C14H13F3N4S. The molecule has 0 saturated heterocycles. The van der Waals surface area contributed by atoms with E-state index in [2.05, 4.69) is 20.5 Å². The van der Waals surface area contributed by atoms with Crippen LogP contribution in [0.25, 0.3) is 6.08 Å². The van der Waals surface area contributed by atoms with Crippen molar-refractivity contribution in [1.82, 2.24) is 15.2 Å². The smallest absolute Gasteiger partial charge is 0.362 e. The summed E-state index contributed by atoms with van der Waals surface area (Å²) in [6.45, 7) is 1.78. The fourth-order valence-electron chi connectivity index (χ4n) is 1.59. The molecule has 0 spiro atoms. The van der Waals surface area contributed by atoms with Gasteiger partial charge in [-0.25, -0.2) is 4.98 Å². The van der Waals surface area contributed by atoms with E-state index in [9.17, 15) is 13.2 Å². The molecule has 4 nitrogen and oxygen atoms in total. The minimum atomic E-state index is -4.33. The van der Waals surface area contributed by atoms with Gasteiger partial charge in [-0.3, -0.25) is 0 Å². The quantitative estimate of drug-likeness (QED) is 0.861. The van der Waals surface area contributed by atoms with E-state index < -0.39 is 11.7 Å². The number of halogens is 3. The molecule has 0 aliphatic carbocycles. The second kappa shape index (κ2) is 6.78. The van der Waals surface area contributed by atoms with Gasteiger partial charge < -0.3 is 5.32 Å². The van der Waals surface area contributed by atoms with Crippen LogP contribution >= 0.6 is 11.8 Å².